The molecule has 0 atom stereocenters. The average molecular weight is 309 g/mol. The number of fused-ring (bicyclic) bond motifs is 1. The van der Waals surface area contributed by atoms with Crippen molar-refractivity contribution < 1.29 is 0 Å². The number of hydrogen-bond donors (Lipinski definition) is 0. The van der Waals surface area contributed by atoms with Crippen LogP contribution in [0.4, 0.5) is 0 Å². The first-order chi connectivity index (χ1) is 8.83. The van der Waals surface area contributed by atoms with Crippen molar-refractivity contribution in [3.05, 3.63) is 28.6 Å². The molecule has 18 heavy (non-hydrogen) atoms. The van der Waals surface area contributed by atoms with Gasteiger partial charge in [-0.3, -0.25) is 4.40 Å². The number of nitrogens with zero attached hydrogens (tertiary/aromatic N) is 4. The van der Waals surface area contributed by atoms with E-state index in [-0.39, 0.29) is 0 Å². The molecule has 5 heteroatoms. The van der Waals surface area contributed by atoms with Gasteiger partial charge in [-0.1, -0.05) is 22.4 Å². The maximum Gasteiger partial charge on any atom is 0.161 e. The van der Waals surface area contributed by atoms with Crippen LogP contribution in [0.1, 0.15) is 25.1 Å². The van der Waals surface area contributed by atoms with Crippen LogP contribution in [0.5, 0.6) is 0 Å². The molecule has 1 aliphatic heterocycles. The number of pyridine rings is 1. The van der Waals surface area contributed by atoms with E-state index < -0.39 is 0 Å². The molecule has 3 rings (SSSR count). The van der Waals surface area contributed by atoms with Crippen LogP contribution in [0, 0.1) is 0 Å². The van der Waals surface area contributed by atoms with Crippen molar-refractivity contribution >= 4 is 21.6 Å². The molecule has 1 fully saturated rings. The van der Waals surface area contributed by atoms with E-state index in [9.17, 15) is 0 Å². The van der Waals surface area contributed by atoms with Gasteiger partial charge in [0, 0.05) is 23.6 Å². The van der Waals surface area contributed by atoms with Crippen molar-refractivity contribution in [2.75, 3.05) is 19.6 Å². The number of piperidine rings is 1. The second kappa shape index (κ2) is 5.36. The molecule has 1 aliphatic rings. The molecule has 0 bridgehead atoms. The van der Waals surface area contributed by atoms with Crippen LogP contribution in [0.15, 0.2) is 22.8 Å². The van der Waals surface area contributed by atoms with Gasteiger partial charge in [0.2, 0.25) is 0 Å². The summed E-state index contributed by atoms with van der Waals surface area (Å²) in [6.07, 6.45) is 7.08. The van der Waals surface area contributed by atoms with Crippen molar-refractivity contribution in [2.45, 2.75) is 25.7 Å². The first-order valence-corrected chi connectivity index (χ1v) is 7.34. The Bertz CT molecular complexity index is 531. The van der Waals surface area contributed by atoms with E-state index in [1.54, 1.807) is 0 Å². The Morgan fingerprint density at radius 2 is 2.00 bits per heavy atom. The number of rotatable bonds is 3. The minimum absolute atomic E-state index is 0.915. The van der Waals surface area contributed by atoms with Gasteiger partial charge in [0.25, 0.3) is 0 Å². The summed E-state index contributed by atoms with van der Waals surface area (Å²) in [7, 11) is 0. The Hall–Kier alpha value is -0.940. The molecule has 96 valence electrons. The molecule has 0 spiro atoms. The van der Waals surface area contributed by atoms with Gasteiger partial charge in [-0.2, -0.15) is 0 Å². The molecule has 3 heterocycles. The van der Waals surface area contributed by atoms with E-state index in [4.69, 9.17) is 0 Å². The molecule has 2 aromatic heterocycles. The van der Waals surface area contributed by atoms with Gasteiger partial charge in [-0.05, 0) is 38.1 Å². The van der Waals surface area contributed by atoms with Crippen molar-refractivity contribution in [2.24, 2.45) is 0 Å². The van der Waals surface area contributed by atoms with Crippen LogP contribution in [-0.4, -0.2) is 39.1 Å². The van der Waals surface area contributed by atoms with Gasteiger partial charge in [-0.15, -0.1) is 10.2 Å². The summed E-state index contributed by atoms with van der Waals surface area (Å²) in [6.45, 7) is 3.57. The van der Waals surface area contributed by atoms with Crippen LogP contribution in [0.25, 0.3) is 5.65 Å². The van der Waals surface area contributed by atoms with E-state index in [1.165, 1.54) is 32.4 Å². The third kappa shape index (κ3) is 2.57. The molecule has 4 nitrogen and oxygen atoms in total. The van der Waals surface area contributed by atoms with E-state index in [1.807, 2.05) is 18.3 Å². The highest BCUT2D eigenvalue weighted by atomic mass is 79.9. The third-order valence-electron chi connectivity index (χ3n) is 3.54. The van der Waals surface area contributed by atoms with E-state index in [0.29, 0.717) is 0 Å². The molecule has 0 aromatic carbocycles. The summed E-state index contributed by atoms with van der Waals surface area (Å²) in [4.78, 5) is 2.53. The smallest absolute Gasteiger partial charge is 0.161 e. The minimum Gasteiger partial charge on any atom is -0.303 e. The first-order valence-electron chi connectivity index (χ1n) is 6.54. The molecule has 2 aromatic rings. The third-order valence-corrected chi connectivity index (χ3v) is 4.04. The fraction of sp³-hybridized carbons (Fsp3) is 0.538. The van der Waals surface area contributed by atoms with E-state index in [2.05, 4.69) is 35.4 Å². The molecule has 1 saturated heterocycles. The van der Waals surface area contributed by atoms with Gasteiger partial charge in [-0.25, -0.2) is 0 Å². The van der Waals surface area contributed by atoms with Gasteiger partial charge < -0.3 is 4.90 Å². The highest BCUT2D eigenvalue weighted by Crippen LogP contribution is 2.14. The molecule has 0 aliphatic carbocycles. The number of aromatic nitrogens is 3. The summed E-state index contributed by atoms with van der Waals surface area (Å²) in [5.74, 6) is 1.06. The van der Waals surface area contributed by atoms with Crippen LogP contribution in [-0.2, 0) is 6.42 Å². The normalized spacial score (nSPS) is 17.4. The zero-order valence-corrected chi connectivity index (χ0v) is 11.9. The lowest BCUT2D eigenvalue weighted by Gasteiger charge is -2.25. The number of hydrogen-bond acceptors (Lipinski definition) is 3. The molecule has 0 saturated carbocycles. The van der Waals surface area contributed by atoms with Crippen molar-refractivity contribution in [3.8, 4) is 0 Å². The maximum absolute atomic E-state index is 4.29. The van der Waals surface area contributed by atoms with Crippen molar-refractivity contribution in [1.29, 1.82) is 0 Å². The number of likely N-dealkylation sites (tertiary alicyclic amines) is 1. The molecule has 0 N–H and O–H groups in total. The largest absolute Gasteiger partial charge is 0.303 e. The van der Waals surface area contributed by atoms with Gasteiger partial charge in [0.05, 0.1) is 0 Å². The lowest BCUT2D eigenvalue weighted by molar-refractivity contribution is 0.230. The number of halogens is 1. The quantitative estimate of drug-likeness (QED) is 0.873. The Morgan fingerprint density at radius 3 is 2.83 bits per heavy atom. The highest BCUT2D eigenvalue weighted by molar-refractivity contribution is 9.10. The van der Waals surface area contributed by atoms with Crippen LogP contribution >= 0.6 is 15.9 Å². The first kappa shape index (κ1) is 12.1. The summed E-state index contributed by atoms with van der Waals surface area (Å²) in [5, 5.41) is 8.49. The minimum atomic E-state index is 0.915. The fourth-order valence-corrected chi connectivity index (χ4v) is 2.85. The second-order valence-corrected chi connectivity index (χ2v) is 5.76. The lowest BCUT2D eigenvalue weighted by atomic mass is 10.1. The van der Waals surface area contributed by atoms with E-state index in [0.717, 1.165) is 28.9 Å². The molecule has 0 amide bonds. The van der Waals surface area contributed by atoms with Crippen LogP contribution in [0.3, 0.4) is 0 Å². The van der Waals surface area contributed by atoms with Gasteiger partial charge >= 0.3 is 0 Å². The fourth-order valence-electron chi connectivity index (χ4n) is 2.53. The summed E-state index contributed by atoms with van der Waals surface area (Å²) in [5.41, 5.74) is 0.915. The Kier molecular flexibility index (Phi) is 3.61. The molecule has 0 unspecified atom stereocenters. The second-order valence-electron chi connectivity index (χ2n) is 4.84. The standard InChI is InChI=1S/C13H17BrN4/c14-11-4-9-18-12(15-16-13(18)10-11)5-8-17-6-2-1-3-7-17/h4,9-10H,1-3,5-8H2. The predicted molar refractivity (Wildman–Crippen MR) is 74.7 cm³/mol. The Morgan fingerprint density at radius 1 is 1.17 bits per heavy atom. The van der Waals surface area contributed by atoms with Crippen molar-refractivity contribution in [3.63, 3.8) is 0 Å². The lowest BCUT2D eigenvalue weighted by Crippen LogP contribution is -2.31. The highest BCUT2D eigenvalue weighted by Gasteiger charge is 2.12. The van der Waals surface area contributed by atoms with Crippen LogP contribution < -0.4 is 0 Å². The molecular formula is C13H17BrN4. The van der Waals surface area contributed by atoms with Gasteiger partial charge in [0.15, 0.2) is 5.65 Å². The Labute approximate surface area is 115 Å². The average Bonchev–Trinajstić information content (AvgIpc) is 2.80. The predicted octanol–water partition coefficient (Wildman–Crippen LogP) is 2.52. The van der Waals surface area contributed by atoms with Gasteiger partial charge in [0.1, 0.15) is 5.82 Å². The summed E-state index contributed by atoms with van der Waals surface area (Å²) < 4.78 is 3.12. The molecular weight excluding hydrogens is 292 g/mol. The molecule has 0 radical (unpaired) electrons. The zero-order chi connectivity index (χ0) is 12.4. The SMILES string of the molecule is Brc1ccn2c(CCN3CCCCC3)nnc2c1. The summed E-state index contributed by atoms with van der Waals surface area (Å²) in [6, 6.07) is 4.03. The Balaban J connectivity index is 1.70. The van der Waals surface area contributed by atoms with Crippen molar-refractivity contribution in [1.82, 2.24) is 19.5 Å². The van der Waals surface area contributed by atoms with E-state index >= 15 is 0 Å². The zero-order valence-electron chi connectivity index (χ0n) is 10.3. The van der Waals surface area contributed by atoms with Crippen LogP contribution in [0.2, 0.25) is 0 Å². The topological polar surface area (TPSA) is 33.4 Å². The maximum atomic E-state index is 4.29. The summed E-state index contributed by atoms with van der Waals surface area (Å²) >= 11 is 3.45. The monoisotopic (exact) mass is 308 g/mol.